The molecule has 1 N–H and O–H groups in total. The van der Waals surface area contributed by atoms with Crippen LogP contribution < -0.4 is 9.47 Å². The minimum absolute atomic E-state index is 0.0242. The van der Waals surface area contributed by atoms with E-state index < -0.39 is 35.4 Å². The van der Waals surface area contributed by atoms with Crippen LogP contribution in [0.4, 0.5) is 4.79 Å². The normalized spacial score (nSPS) is 18.8. The summed E-state index contributed by atoms with van der Waals surface area (Å²) in [6.45, 7) is -0.175. The molecule has 4 rings (SSSR count). The third-order valence-corrected chi connectivity index (χ3v) is 7.68. The molecule has 10 nitrogen and oxygen atoms in total. The maximum Gasteiger partial charge on any atom is 0.410 e. The Balaban J connectivity index is 1.80. The van der Waals surface area contributed by atoms with Crippen molar-refractivity contribution < 1.29 is 43.2 Å². The van der Waals surface area contributed by atoms with Gasteiger partial charge in [0, 0.05) is 12.1 Å². The molecule has 1 saturated heterocycles. The summed E-state index contributed by atoms with van der Waals surface area (Å²) in [6, 6.07) is 21.2. The molecule has 3 aromatic carbocycles. The first-order valence-electron chi connectivity index (χ1n) is 13.4. The Labute approximate surface area is 243 Å². The number of ketones is 1. The summed E-state index contributed by atoms with van der Waals surface area (Å²) in [4.78, 5) is 54.8. The smallest absolute Gasteiger partial charge is 0.410 e. The van der Waals surface area contributed by atoms with Gasteiger partial charge in [0.1, 0.15) is 18.1 Å². The second kappa shape index (κ2) is 13.2. The van der Waals surface area contributed by atoms with E-state index in [9.17, 15) is 24.3 Å². The minimum Gasteiger partial charge on any atom is -0.497 e. The van der Waals surface area contributed by atoms with Gasteiger partial charge in [0.15, 0.2) is 11.2 Å². The van der Waals surface area contributed by atoms with E-state index in [1.165, 1.54) is 19.1 Å². The molecule has 0 radical (unpaired) electrons. The Morgan fingerprint density at radius 2 is 1.48 bits per heavy atom. The number of Topliss-reactive ketones (excluding diaryl/α,β-unsaturated/α-hetero) is 1. The molecule has 220 valence electrons. The molecule has 0 bridgehead atoms. The fourth-order valence-corrected chi connectivity index (χ4v) is 5.33. The number of rotatable bonds is 10. The lowest BCUT2D eigenvalue weighted by molar-refractivity contribution is -0.172. The predicted octanol–water partition coefficient (Wildman–Crippen LogP) is 4.72. The van der Waals surface area contributed by atoms with Crippen LogP contribution in [0.5, 0.6) is 11.5 Å². The van der Waals surface area contributed by atoms with Crippen molar-refractivity contribution in [2.75, 3.05) is 27.9 Å². The van der Waals surface area contributed by atoms with Crippen LogP contribution in [0.3, 0.4) is 0 Å². The number of likely N-dealkylation sites (tertiary alicyclic amines) is 1. The second-order valence-electron chi connectivity index (χ2n) is 9.98. The molecule has 0 saturated carbocycles. The molecular weight excluding hydrogens is 542 g/mol. The zero-order chi connectivity index (χ0) is 30.3. The van der Waals surface area contributed by atoms with Crippen LogP contribution in [0.25, 0.3) is 0 Å². The molecule has 0 spiro atoms. The van der Waals surface area contributed by atoms with Crippen LogP contribution in [0.15, 0.2) is 78.9 Å². The quantitative estimate of drug-likeness (QED) is 0.207. The number of carbonyl (C=O) groups excluding carboxylic acids is 3. The number of hydrogen-bond acceptors (Lipinski definition) is 8. The molecule has 1 aliphatic heterocycles. The zero-order valence-electron chi connectivity index (χ0n) is 23.6. The molecule has 1 amide bonds. The van der Waals surface area contributed by atoms with E-state index in [4.69, 9.17) is 18.9 Å². The van der Waals surface area contributed by atoms with Crippen molar-refractivity contribution >= 4 is 23.8 Å². The fourth-order valence-electron chi connectivity index (χ4n) is 5.33. The summed E-state index contributed by atoms with van der Waals surface area (Å²) in [5.41, 5.74) is -0.386. The Morgan fingerprint density at radius 3 is 2.02 bits per heavy atom. The van der Waals surface area contributed by atoms with Crippen molar-refractivity contribution in [3.63, 3.8) is 0 Å². The van der Waals surface area contributed by atoms with Gasteiger partial charge in [0.25, 0.3) is 0 Å². The highest BCUT2D eigenvalue weighted by molar-refractivity contribution is 6.03. The molecule has 1 aliphatic rings. The Kier molecular flexibility index (Phi) is 9.46. The van der Waals surface area contributed by atoms with E-state index in [2.05, 4.69) is 0 Å². The second-order valence-corrected chi connectivity index (χ2v) is 9.98. The van der Waals surface area contributed by atoms with E-state index in [0.717, 1.165) is 12.7 Å². The Hall–Kier alpha value is -4.86. The van der Waals surface area contributed by atoms with E-state index in [1.807, 2.05) is 18.2 Å². The summed E-state index contributed by atoms with van der Waals surface area (Å²) in [5.74, 6) is -2.67. The number of ether oxygens (including phenoxy) is 4. The van der Waals surface area contributed by atoms with Gasteiger partial charge in [0.2, 0.25) is 0 Å². The lowest BCUT2D eigenvalue weighted by atomic mass is 9.69. The van der Waals surface area contributed by atoms with Gasteiger partial charge < -0.3 is 29.0 Å². The first-order chi connectivity index (χ1) is 20.2. The van der Waals surface area contributed by atoms with Crippen LogP contribution in [-0.4, -0.2) is 67.7 Å². The number of methoxy groups -OCH3 is 3. The van der Waals surface area contributed by atoms with Gasteiger partial charge in [-0.15, -0.1) is 0 Å². The third kappa shape index (κ3) is 6.22. The Bertz CT molecular complexity index is 1410. The fraction of sp³-hybridized carbons (Fsp3) is 0.312. The number of nitrogens with zero attached hydrogens (tertiary/aromatic N) is 1. The van der Waals surface area contributed by atoms with Crippen LogP contribution in [-0.2, 0) is 25.7 Å². The summed E-state index contributed by atoms with van der Waals surface area (Å²) in [6.07, 6.45) is -1.31. The lowest BCUT2D eigenvalue weighted by Gasteiger charge is -2.45. The van der Waals surface area contributed by atoms with Gasteiger partial charge in [-0.2, -0.15) is 0 Å². The SMILES string of the molecule is COC(=O)C1(C(=O)O)CCN(C(=O)OCc2ccccc2)C(C(C(=O)c2ccc(OC)cc2)c2ccc(OC)cc2)C1. The Morgan fingerprint density at radius 1 is 0.881 bits per heavy atom. The molecule has 3 unspecified atom stereocenters. The minimum atomic E-state index is -1.97. The highest BCUT2D eigenvalue weighted by Crippen LogP contribution is 2.43. The summed E-state index contributed by atoms with van der Waals surface area (Å²) in [5, 5.41) is 10.3. The molecule has 1 fully saturated rings. The summed E-state index contributed by atoms with van der Waals surface area (Å²) >= 11 is 0. The lowest BCUT2D eigenvalue weighted by Crippen LogP contribution is -2.58. The van der Waals surface area contributed by atoms with Crippen molar-refractivity contribution in [2.24, 2.45) is 5.41 Å². The van der Waals surface area contributed by atoms with E-state index in [-0.39, 0.29) is 31.8 Å². The van der Waals surface area contributed by atoms with Gasteiger partial charge in [-0.05, 0) is 60.4 Å². The number of carbonyl (C=O) groups is 4. The van der Waals surface area contributed by atoms with E-state index in [0.29, 0.717) is 22.6 Å². The van der Waals surface area contributed by atoms with Crippen LogP contribution >= 0.6 is 0 Å². The molecule has 3 atom stereocenters. The van der Waals surface area contributed by atoms with Gasteiger partial charge in [-0.25, -0.2) is 4.79 Å². The number of esters is 1. The standard InChI is InChI=1S/C32H33NO9/c1-39-24-13-9-22(10-14-24)27(28(34)23-11-15-25(40-2)16-12-23)26-19-32(29(35)36,30(37)41-3)17-18-33(26)31(38)42-20-21-7-5-4-6-8-21/h4-16,26-27H,17-20H2,1-3H3,(H,35,36). The highest BCUT2D eigenvalue weighted by atomic mass is 16.6. The number of aliphatic carboxylic acids is 1. The molecular formula is C32H33NO9. The summed E-state index contributed by atoms with van der Waals surface area (Å²) < 4.78 is 21.1. The third-order valence-electron chi connectivity index (χ3n) is 7.68. The molecule has 1 heterocycles. The maximum atomic E-state index is 14.3. The number of carboxylic acids is 1. The number of benzene rings is 3. The first-order valence-corrected chi connectivity index (χ1v) is 13.4. The van der Waals surface area contributed by atoms with Crippen molar-refractivity contribution in [1.29, 1.82) is 0 Å². The summed E-state index contributed by atoms with van der Waals surface area (Å²) in [7, 11) is 4.14. The molecule has 3 aromatic rings. The van der Waals surface area contributed by atoms with Crippen LogP contribution in [0, 0.1) is 5.41 Å². The van der Waals surface area contributed by atoms with Gasteiger partial charge >= 0.3 is 18.0 Å². The van der Waals surface area contributed by atoms with E-state index in [1.54, 1.807) is 60.7 Å². The number of hydrogen-bond donors (Lipinski definition) is 1. The van der Waals surface area contributed by atoms with Gasteiger partial charge in [0.05, 0.1) is 33.3 Å². The monoisotopic (exact) mass is 575 g/mol. The molecule has 0 aromatic heterocycles. The van der Waals surface area contributed by atoms with Crippen molar-refractivity contribution in [1.82, 2.24) is 4.90 Å². The average molecular weight is 576 g/mol. The van der Waals surface area contributed by atoms with Crippen LogP contribution in [0.2, 0.25) is 0 Å². The van der Waals surface area contributed by atoms with Gasteiger partial charge in [-0.3, -0.25) is 14.4 Å². The molecule has 10 heteroatoms. The zero-order valence-corrected chi connectivity index (χ0v) is 23.6. The van der Waals surface area contributed by atoms with Crippen molar-refractivity contribution in [3.8, 4) is 11.5 Å². The number of amides is 1. The van der Waals surface area contributed by atoms with Crippen LogP contribution in [0.1, 0.15) is 40.2 Å². The topological polar surface area (TPSA) is 129 Å². The predicted molar refractivity (Wildman–Crippen MR) is 151 cm³/mol. The van der Waals surface area contributed by atoms with Gasteiger partial charge in [-0.1, -0.05) is 42.5 Å². The largest absolute Gasteiger partial charge is 0.497 e. The van der Waals surface area contributed by atoms with E-state index >= 15 is 0 Å². The van der Waals surface area contributed by atoms with Crippen molar-refractivity contribution in [3.05, 3.63) is 95.6 Å². The number of carboxylic acid groups (broad SMARTS) is 1. The first kappa shape index (κ1) is 30.1. The molecule has 42 heavy (non-hydrogen) atoms. The average Bonchev–Trinajstić information content (AvgIpc) is 3.03. The molecule has 0 aliphatic carbocycles. The number of piperidine rings is 1. The maximum absolute atomic E-state index is 14.3. The van der Waals surface area contributed by atoms with Crippen molar-refractivity contribution in [2.45, 2.75) is 31.4 Å². The highest BCUT2D eigenvalue weighted by Gasteiger charge is 2.56.